The second-order valence-electron chi connectivity index (χ2n) is 7.35. The molecule has 0 radical (unpaired) electrons. The summed E-state index contributed by atoms with van der Waals surface area (Å²) in [6.45, 7) is 2.93. The third-order valence-electron chi connectivity index (χ3n) is 4.88. The molecule has 3 aromatic carbocycles. The van der Waals surface area contributed by atoms with E-state index in [-0.39, 0.29) is 5.91 Å². The maximum absolute atomic E-state index is 12.8. The lowest BCUT2D eigenvalue weighted by atomic mass is 10.1. The molecule has 0 bridgehead atoms. The fourth-order valence-corrected chi connectivity index (χ4v) is 3.57. The van der Waals surface area contributed by atoms with E-state index >= 15 is 0 Å². The number of hydrogen-bond donors (Lipinski definition) is 1. The van der Waals surface area contributed by atoms with Gasteiger partial charge >= 0.3 is 0 Å². The topological polar surface area (TPSA) is 56.1 Å². The van der Waals surface area contributed by atoms with Gasteiger partial charge in [-0.3, -0.25) is 9.48 Å². The average Bonchev–Trinajstić information content (AvgIpc) is 3.13. The first-order valence-electron chi connectivity index (χ1n) is 10.0. The molecule has 0 atom stereocenters. The lowest BCUT2D eigenvalue weighted by Gasteiger charge is -2.08. The van der Waals surface area contributed by atoms with E-state index in [9.17, 15) is 4.79 Å². The second kappa shape index (κ2) is 10.0. The molecule has 32 heavy (non-hydrogen) atoms. The van der Waals surface area contributed by atoms with Crippen molar-refractivity contribution in [1.82, 2.24) is 9.78 Å². The van der Waals surface area contributed by atoms with Gasteiger partial charge in [0.25, 0.3) is 5.91 Å². The molecule has 7 heteroatoms. The quantitative estimate of drug-likeness (QED) is 0.309. The van der Waals surface area contributed by atoms with Crippen LogP contribution in [0.25, 0.3) is 0 Å². The van der Waals surface area contributed by atoms with Gasteiger partial charge in [-0.2, -0.15) is 5.10 Å². The van der Waals surface area contributed by atoms with Crippen LogP contribution in [0.15, 0.2) is 83.3 Å². The third-order valence-corrected chi connectivity index (χ3v) is 5.66. The van der Waals surface area contributed by atoms with Crippen LogP contribution in [0.4, 0.5) is 5.82 Å². The number of nitrogens with one attached hydrogen (secondary N) is 1. The van der Waals surface area contributed by atoms with Crippen LogP contribution in [0.5, 0.6) is 5.75 Å². The molecule has 0 saturated carbocycles. The Morgan fingerprint density at radius 2 is 1.78 bits per heavy atom. The molecular weight excluding hydrogens is 490 g/mol. The summed E-state index contributed by atoms with van der Waals surface area (Å²) in [6, 6.07) is 24.5. The van der Waals surface area contributed by atoms with Crippen molar-refractivity contribution in [2.24, 2.45) is 0 Å². The molecule has 0 aliphatic carbocycles. The molecule has 4 rings (SSSR count). The van der Waals surface area contributed by atoms with Gasteiger partial charge in [0.2, 0.25) is 0 Å². The van der Waals surface area contributed by atoms with E-state index in [0.29, 0.717) is 29.6 Å². The van der Waals surface area contributed by atoms with E-state index in [2.05, 4.69) is 26.3 Å². The number of carbonyl (C=O) groups is 1. The van der Waals surface area contributed by atoms with E-state index in [1.54, 1.807) is 6.07 Å². The minimum Gasteiger partial charge on any atom is -0.489 e. The summed E-state index contributed by atoms with van der Waals surface area (Å²) in [7, 11) is 0. The molecule has 1 heterocycles. The Kier molecular flexibility index (Phi) is 6.93. The highest BCUT2D eigenvalue weighted by Crippen LogP contribution is 2.18. The summed E-state index contributed by atoms with van der Waals surface area (Å²) in [5.74, 6) is 1.06. The number of nitrogens with zero attached hydrogens (tertiary/aromatic N) is 2. The summed E-state index contributed by atoms with van der Waals surface area (Å²) >= 11 is 9.36. The Balaban J connectivity index is 1.40. The van der Waals surface area contributed by atoms with Crippen LogP contribution in [0.2, 0.25) is 5.02 Å². The van der Waals surface area contributed by atoms with Crippen molar-refractivity contribution >= 4 is 39.3 Å². The molecule has 1 N–H and O–H groups in total. The van der Waals surface area contributed by atoms with Crippen LogP contribution in [-0.2, 0) is 13.2 Å². The van der Waals surface area contributed by atoms with Gasteiger partial charge in [0.15, 0.2) is 5.82 Å². The Bertz CT molecular complexity index is 1220. The third kappa shape index (κ3) is 5.78. The normalized spacial score (nSPS) is 10.7. The number of amides is 1. The molecule has 1 aromatic heterocycles. The van der Waals surface area contributed by atoms with Crippen molar-refractivity contribution in [3.05, 3.63) is 111 Å². The minimum atomic E-state index is -0.216. The van der Waals surface area contributed by atoms with Crippen LogP contribution in [0.3, 0.4) is 0 Å². The summed E-state index contributed by atoms with van der Waals surface area (Å²) in [6.07, 6.45) is 0. The van der Waals surface area contributed by atoms with E-state index < -0.39 is 0 Å². The van der Waals surface area contributed by atoms with E-state index in [4.69, 9.17) is 16.3 Å². The van der Waals surface area contributed by atoms with Crippen molar-refractivity contribution in [3.63, 3.8) is 0 Å². The summed E-state index contributed by atoms with van der Waals surface area (Å²) in [5, 5.41) is 8.10. The Hall–Kier alpha value is -3.09. The number of halogens is 2. The van der Waals surface area contributed by atoms with Crippen molar-refractivity contribution in [2.45, 2.75) is 20.1 Å². The van der Waals surface area contributed by atoms with Crippen molar-refractivity contribution in [1.29, 1.82) is 0 Å². The van der Waals surface area contributed by atoms with Crippen LogP contribution in [0, 0.1) is 6.92 Å². The van der Waals surface area contributed by atoms with Crippen molar-refractivity contribution < 1.29 is 9.53 Å². The Morgan fingerprint density at radius 1 is 1.03 bits per heavy atom. The number of aromatic nitrogens is 2. The zero-order chi connectivity index (χ0) is 22.5. The fraction of sp³-hybridized carbons (Fsp3) is 0.120. The molecule has 1 amide bonds. The molecule has 4 aromatic rings. The van der Waals surface area contributed by atoms with Gasteiger partial charge in [-0.25, -0.2) is 0 Å². The molecular formula is C25H21BrClN3O2. The molecule has 0 unspecified atom stereocenters. The first-order chi connectivity index (χ1) is 15.5. The lowest BCUT2D eigenvalue weighted by Crippen LogP contribution is -2.13. The number of aryl methyl sites for hydroxylation is 1. The van der Waals surface area contributed by atoms with Gasteiger partial charge in [-0.15, -0.1) is 0 Å². The smallest absolute Gasteiger partial charge is 0.256 e. The first kappa shape index (κ1) is 22.1. The molecule has 0 aliphatic rings. The van der Waals surface area contributed by atoms with Crippen molar-refractivity contribution in [2.75, 3.05) is 5.32 Å². The fourth-order valence-electron chi connectivity index (χ4n) is 3.18. The van der Waals surface area contributed by atoms with Gasteiger partial charge in [-0.05, 0) is 66.6 Å². The van der Waals surface area contributed by atoms with E-state index in [0.717, 1.165) is 27.0 Å². The number of rotatable bonds is 7. The maximum Gasteiger partial charge on any atom is 0.256 e. The Morgan fingerprint density at radius 3 is 2.53 bits per heavy atom. The predicted molar refractivity (Wildman–Crippen MR) is 130 cm³/mol. The average molecular weight is 511 g/mol. The molecule has 0 aliphatic heterocycles. The predicted octanol–water partition coefficient (Wildman–Crippen LogP) is 6.49. The zero-order valence-electron chi connectivity index (χ0n) is 17.4. The van der Waals surface area contributed by atoms with Crippen LogP contribution >= 0.6 is 27.5 Å². The monoisotopic (exact) mass is 509 g/mol. The minimum absolute atomic E-state index is 0.216. The number of carbonyl (C=O) groups excluding carboxylic acids is 1. The largest absolute Gasteiger partial charge is 0.489 e. The van der Waals surface area contributed by atoms with Gasteiger partial charge < -0.3 is 10.1 Å². The van der Waals surface area contributed by atoms with Crippen LogP contribution in [0.1, 0.15) is 27.2 Å². The molecule has 0 saturated heterocycles. The zero-order valence-corrected chi connectivity index (χ0v) is 19.7. The van der Waals surface area contributed by atoms with Gasteiger partial charge in [0, 0.05) is 26.8 Å². The molecule has 162 valence electrons. The number of anilines is 1. The summed E-state index contributed by atoms with van der Waals surface area (Å²) in [5.41, 5.74) is 3.49. The van der Waals surface area contributed by atoms with E-state index in [1.165, 1.54) is 0 Å². The number of hydrogen-bond acceptors (Lipinski definition) is 3. The highest BCUT2D eigenvalue weighted by atomic mass is 79.9. The number of benzene rings is 3. The van der Waals surface area contributed by atoms with Crippen LogP contribution in [-0.4, -0.2) is 15.7 Å². The lowest BCUT2D eigenvalue weighted by molar-refractivity contribution is 0.102. The SMILES string of the molecule is Cc1cc(NC(=O)c2cccc(COc3ccc(Br)cc3)c2)nn1Cc1ccc(Cl)cc1. The molecule has 0 fully saturated rings. The molecule has 0 spiro atoms. The summed E-state index contributed by atoms with van der Waals surface area (Å²) in [4.78, 5) is 12.8. The highest BCUT2D eigenvalue weighted by Gasteiger charge is 2.11. The standard InChI is InChI=1S/C25H21BrClN3O2/c1-17-13-24(29-30(17)15-18-5-9-22(27)10-6-18)28-25(31)20-4-2-3-19(14-20)16-32-23-11-7-21(26)8-12-23/h2-14H,15-16H2,1H3,(H,28,29,31). The van der Waals surface area contributed by atoms with Gasteiger partial charge in [0.05, 0.1) is 6.54 Å². The Labute approximate surface area is 200 Å². The summed E-state index contributed by atoms with van der Waals surface area (Å²) < 4.78 is 8.65. The number of ether oxygens (including phenoxy) is 1. The van der Waals surface area contributed by atoms with Gasteiger partial charge in [-0.1, -0.05) is 51.8 Å². The first-order valence-corrected chi connectivity index (χ1v) is 11.2. The highest BCUT2D eigenvalue weighted by molar-refractivity contribution is 9.10. The van der Waals surface area contributed by atoms with Gasteiger partial charge in [0.1, 0.15) is 12.4 Å². The maximum atomic E-state index is 12.8. The van der Waals surface area contributed by atoms with Crippen molar-refractivity contribution in [3.8, 4) is 5.75 Å². The van der Waals surface area contributed by atoms with Crippen LogP contribution < -0.4 is 10.1 Å². The molecule has 5 nitrogen and oxygen atoms in total. The van der Waals surface area contributed by atoms with E-state index in [1.807, 2.05) is 84.4 Å². The second-order valence-corrected chi connectivity index (χ2v) is 8.70.